The quantitative estimate of drug-likeness (QED) is 0.668. The molecule has 4 rings (SSSR count). The van der Waals surface area contributed by atoms with Crippen molar-refractivity contribution < 1.29 is 19.0 Å². The maximum absolute atomic E-state index is 13.1. The predicted molar refractivity (Wildman–Crippen MR) is 117 cm³/mol. The number of aryl methyl sites for hydroxylation is 1. The van der Waals surface area contributed by atoms with E-state index >= 15 is 0 Å². The first-order chi connectivity index (χ1) is 15.0. The maximum atomic E-state index is 13.1. The van der Waals surface area contributed by atoms with Crippen LogP contribution in [-0.2, 0) is 0 Å². The highest BCUT2D eigenvalue weighted by molar-refractivity contribution is 5.93. The van der Waals surface area contributed by atoms with Gasteiger partial charge in [0.25, 0.3) is 5.91 Å². The predicted octanol–water partition coefficient (Wildman–Crippen LogP) is 4.00. The van der Waals surface area contributed by atoms with Crippen molar-refractivity contribution in [2.75, 3.05) is 27.3 Å². The Morgan fingerprint density at radius 1 is 1.00 bits per heavy atom. The number of rotatable bonds is 7. The number of carbonyl (C=O) groups is 1. The smallest absolute Gasteiger partial charge is 0.272 e. The van der Waals surface area contributed by atoms with Crippen LogP contribution in [0.1, 0.15) is 60.3 Å². The van der Waals surface area contributed by atoms with Crippen LogP contribution in [0.15, 0.2) is 24.5 Å². The van der Waals surface area contributed by atoms with Crippen LogP contribution in [0.25, 0.3) is 0 Å². The van der Waals surface area contributed by atoms with Gasteiger partial charge in [-0.05, 0) is 51.4 Å². The zero-order valence-electron chi connectivity index (χ0n) is 18.8. The molecule has 1 aliphatic carbocycles. The highest BCUT2D eigenvalue weighted by Gasteiger charge is 2.31. The molecule has 1 saturated heterocycles. The van der Waals surface area contributed by atoms with E-state index in [1.807, 2.05) is 24.1 Å². The van der Waals surface area contributed by atoms with Gasteiger partial charge in [0, 0.05) is 42.7 Å². The Balaban J connectivity index is 1.41. The minimum atomic E-state index is -0.0764. The number of methoxy groups -OCH3 is 2. The highest BCUT2D eigenvalue weighted by atomic mass is 16.5. The molecule has 0 N–H and O–H groups in total. The summed E-state index contributed by atoms with van der Waals surface area (Å²) in [5.41, 5.74) is 2.44. The first kappa shape index (κ1) is 21.4. The summed E-state index contributed by atoms with van der Waals surface area (Å²) >= 11 is 0. The lowest BCUT2D eigenvalue weighted by molar-refractivity contribution is 0.0706. The zero-order valence-corrected chi connectivity index (χ0v) is 18.8. The van der Waals surface area contributed by atoms with Crippen LogP contribution in [-0.4, -0.2) is 54.2 Å². The molecule has 2 aliphatic rings. The Kier molecular flexibility index (Phi) is 6.30. The Morgan fingerprint density at radius 2 is 1.71 bits per heavy atom. The molecule has 1 saturated carbocycles. The number of aromatic nitrogens is 2. The summed E-state index contributed by atoms with van der Waals surface area (Å²) < 4.78 is 17.0. The van der Waals surface area contributed by atoms with Crippen LogP contribution >= 0.6 is 0 Å². The second-order valence-electron chi connectivity index (χ2n) is 8.51. The fraction of sp³-hybridized carbons (Fsp3) is 0.542. The molecule has 0 aromatic carbocycles. The first-order valence-electron chi connectivity index (χ1n) is 11.0. The van der Waals surface area contributed by atoms with Crippen molar-refractivity contribution in [2.24, 2.45) is 5.92 Å². The molecule has 7 nitrogen and oxygen atoms in total. The number of pyridine rings is 2. The Morgan fingerprint density at radius 3 is 2.35 bits per heavy atom. The average Bonchev–Trinajstić information content (AvgIpc) is 3.64. The summed E-state index contributed by atoms with van der Waals surface area (Å²) in [5, 5.41) is 0. The molecule has 31 heavy (non-hydrogen) atoms. The van der Waals surface area contributed by atoms with E-state index in [9.17, 15) is 4.79 Å². The molecule has 2 fully saturated rings. The van der Waals surface area contributed by atoms with Gasteiger partial charge in [0.15, 0.2) is 11.5 Å². The number of nitrogens with zero attached hydrogens (tertiary/aromatic N) is 3. The lowest BCUT2D eigenvalue weighted by Gasteiger charge is -2.32. The number of carbonyl (C=O) groups excluding carboxylic acids is 1. The number of likely N-dealkylation sites (tertiary alicyclic amines) is 1. The van der Waals surface area contributed by atoms with Crippen LogP contribution in [0.2, 0.25) is 0 Å². The SMILES string of the molecule is COc1cc(C(=O)N2CCC(c3cnc(C)cc3OC)CC2)ncc1O[C@@H](C)C1CC1. The standard InChI is InChI=1S/C24H31N3O4/c1-15-11-21(29-3)19(13-25-15)18-7-9-27(10-8-18)24(28)20-12-22(30-4)23(14-26-20)31-16(2)17-5-6-17/h11-14,16-18H,5-10H2,1-4H3/t16-/m0/s1. The zero-order chi connectivity index (χ0) is 22.0. The molecule has 7 heteroatoms. The van der Waals surface area contributed by atoms with Crippen molar-refractivity contribution in [1.82, 2.24) is 14.9 Å². The number of hydrogen-bond donors (Lipinski definition) is 0. The fourth-order valence-electron chi connectivity index (χ4n) is 4.24. The normalized spacial score (nSPS) is 17.9. The molecule has 1 amide bonds. The summed E-state index contributed by atoms with van der Waals surface area (Å²) in [4.78, 5) is 23.7. The molecule has 166 valence electrons. The van der Waals surface area contributed by atoms with E-state index in [2.05, 4.69) is 16.9 Å². The van der Waals surface area contributed by atoms with Crippen LogP contribution in [0.4, 0.5) is 0 Å². The van der Waals surface area contributed by atoms with Crippen LogP contribution in [0, 0.1) is 12.8 Å². The highest BCUT2D eigenvalue weighted by Crippen LogP contribution is 2.37. The number of amides is 1. The lowest BCUT2D eigenvalue weighted by atomic mass is 9.89. The second-order valence-corrected chi connectivity index (χ2v) is 8.51. The van der Waals surface area contributed by atoms with Gasteiger partial charge in [-0.3, -0.25) is 9.78 Å². The number of hydrogen-bond acceptors (Lipinski definition) is 6. The average molecular weight is 426 g/mol. The van der Waals surface area contributed by atoms with Crippen molar-refractivity contribution in [3.8, 4) is 17.2 Å². The summed E-state index contributed by atoms with van der Waals surface area (Å²) in [5.74, 6) is 2.88. The van der Waals surface area contributed by atoms with Crippen LogP contribution < -0.4 is 14.2 Å². The number of piperidine rings is 1. The molecule has 0 unspecified atom stereocenters. The summed E-state index contributed by atoms with van der Waals surface area (Å²) in [6, 6.07) is 3.66. The maximum Gasteiger partial charge on any atom is 0.272 e. The van der Waals surface area contributed by atoms with E-state index in [4.69, 9.17) is 14.2 Å². The summed E-state index contributed by atoms with van der Waals surface area (Å²) in [6.07, 6.45) is 7.78. The lowest BCUT2D eigenvalue weighted by Crippen LogP contribution is -2.38. The van der Waals surface area contributed by atoms with Gasteiger partial charge in [0.2, 0.25) is 0 Å². The van der Waals surface area contributed by atoms with Crippen molar-refractivity contribution >= 4 is 5.91 Å². The van der Waals surface area contributed by atoms with Gasteiger partial charge in [-0.25, -0.2) is 4.98 Å². The van der Waals surface area contributed by atoms with Gasteiger partial charge in [0.1, 0.15) is 11.4 Å². The first-order valence-corrected chi connectivity index (χ1v) is 11.0. The largest absolute Gasteiger partial charge is 0.496 e. The van der Waals surface area contributed by atoms with Gasteiger partial charge < -0.3 is 19.1 Å². The fourth-order valence-corrected chi connectivity index (χ4v) is 4.24. The van der Waals surface area contributed by atoms with E-state index in [-0.39, 0.29) is 12.0 Å². The molecule has 3 heterocycles. The summed E-state index contributed by atoms with van der Waals surface area (Å²) in [7, 11) is 3.28. The van der Waals surface area contributed by atoms with Gasteiger partial charge in [-0.15, -0.1) is 0 Å². The monoisotopic (exact) mass is 425 g/mol. The molecular weight excluding hydrogens is 394 g/mol. The van der Waals surface area contributed by atoms with E-state index < -0.39 is 0 Å². The topological polar surface area (TPSA) is 73.8 Å². The van der Waals surface area contributed by atoms with Crippen molar-refractivity contribution in [2.45, 2.75) is 51.6 Å². The third-order valence-corrected chi connectivity index (χ3v) is 6.34. The van der Waals surface area contributed by atoms with Gasteiger partial charge in [-0.2, -0.15) is 0 Å². The van der Waals surface area contributed by atoms with Crippen molar-refractivity contribution in [3.05, 3.63) is 41.5 Å². The van der Waals surface area contributed by atoms with Crippen molar-refractivity contribution in [3.63, 3.8) is 0 Å². The molecule has 2 aromatic rings. The molecule has 0 bridgehead atoms. The minimum absolute atomic E-state index is 0.0764. The van der Waals surface area contributed by atoms with E-state index in [0.717, 1.165) is 29.8 Å². The Bertz CT molecular complexity index is 936. The van der Waals surface area contributed by atoms with Crippen LogP contribution in [0.5, 0.6) is 17.2 Å². The number of ether oxygens (including phenoxy) is 3. The second kappa shape index (κ2) is 9.12. The van der Waals surface area contributed by atoms with E-state index in [1.54, 1.807) is 26.5 Å². The molecule has 2 aromatic heterocycles. The molecule has 1 atom stereocenters. The Labute approximate surface area is 183 Å². The summed E-state index contributed by atoms with van der Waals surface area (Å²) in [6.45, 7) is 5.36. The van der Waals surface area contributed by atoms with Gasteiger partial charge >= 0.3 is 0 Å². The van der Waals surface area contributed by atoms with E-state index in [1.165, 1.54) is 12.8 Å². The minimum Gasteiger partial charge on any atom is -0.496 e. The van der Waals surface area contributed by atoms with Crippen LogP contribution in [0.3, 0.4) is 0 Å². The van der Waals surface area contributed by atoms with E-state index in [0.29, 0.717) is 42.1 Å². The Hall–Kier alpha value is -2.83. The third-order valence-electron chi connectivity index (χ3n) is 6.34. The van der Waals surface area contributed by atoms with Gasteiger partial charge in [-0.1, -0.05) is 0 Å². The molecular formula is C24H31N3O4. The van der Waals surface area contributed by atoms with Crippen molar-refractivity contribution in [1.29, 1.82) is 0 Å². The van der Waals surface area contributed by atoms with Gasteiger partial charge in [0.05, 0.1) is 26.5 Å². The molecule has 0 radical (unpaired) electrons. The molecule has 1 aliphatic heterocycles. The third kappa shape index (κ3) is 4.75. The molecule has 0 spiro atoms.